The van der Waals surface area contributed by atoms with Crippen molar-refractivity contribution in [3.05, 3.63) is 28.2 Å². The van der Waals surface area contributed by atoms with Crippen LogP contribution in [0.3, 0.4) is 0 Å². The number of hydrogen-bond acceptors (Lipinski definition) is 2. The van der Waals surface area contributed by atoms with Gasteiger partial charge in [0.2, 0.25) is 0 Å². The van der Waals surface area contributed by atoms with Crippen LogP contribution in [-0.4, -0.2) is 11.7 Å². The van der Waals surface area contributed by atoms with Crippen molar-refractivity contribution in [3.63, 3.8) is 0 Å². The fraction of sp³-hybridized carbons (Fsp3) is 0.400. The number of benzene rings is 1. The van der Waals surface area contributed by atoms with Crippen LogP contribution in [0.5, 0.6) is 5.75 Å². The first kappa shape index (κ1) is 9.03. The number of aliphatic hydroxyl groups excluding tert-OH is 1. The first-order valence-electron chi connectivity index (χ1n) is 4.37. The Bertz CT molecular complexity index is 312. The van der Waals surface area contributed by atoms with Crippen molar-refractivity contribution < 1.29 is 9.84 Å². The molecule has 1 atom stereocenters. The number of fused-ring (bicyclic) bond motifs is 1. The summed E-state index contributed by atoms with van der Waals surface area (Å²) in [6.07, 6.45) is 1.33. The van der Waals surface area contributed by atoms with Gasteiger partial charge in [-0.15, -0.1) is 0 Å². The minimum absolute atomic E-state index is 0.370. The maximum atomic E-state index is 9.74. The van der Waals surface area contributed by atoms with Gasteiger partial charge in [-0.25, -0.2) is 0 Å². The van der Waals surface area contributed by atoms with Gasteiger partial charge in [-0.1, -0.05) is 22.0 Å². The predicted octanol–water partition coefficient (Wildman–Crippen LogP) is 2.66. The van der Waals surface area contributed by atoms with E-state index < -0.39 is 0 Å². The molecular formula is C10H11BrO2. The fourth-order valence-corrected chi connectivity index (χ4v) is 1.86. The van der Waals surface area contributed by atoms with Crippen LogP contribution in [0.25, 0.3) is 0 Å². The van der Waals surface area contributed by atoms with E-state index in [1.807, 2.05) is 18.2 Å². The largest absolute Gasteiger partial charge is 0.493 e. The van der Waals surface area contributed by atoms with Crippen LogP contribution in [0.15, 0.2) is 22.7 Å². The lowest BCUT2D eigenvalue weighted by Gasteiger charge is -2.10. The van der Waals surface area contributed by atoms with Gasteiger partial charge in [0.15, 0.2) is 0 Å². The van der Waals surface area contributed by atoms with E-state index in [0.717, 1.165) is 28.6 Å². The van der Waals surface area contributed by atoms with E-state index in [1.54, 1.807) is 0 Å². The Morgan fingerprint density at radius 1 is 1.46 bits per heavy atom. The Kier molecular flexibility index (Phi) is 2.56. The van der Waals surface area contributed by atoms with Gasteiger partial charge < -0.3 is 9.84 Å². The molecule has 0 bridgehead atoms. The summed E-state index contributed by atoms with van der Waals surface area (Å²) in [7, 11) is 0. The van der Waals surface area contributed by atoms with E-state index >= 15 is 0 Å². The maximum Gasteiger partial charge on any atom is 0.126 e. The third-order valence-corrected chi connectivity index (χ3v) is 2.71. The highest BCUT2D eigenvalue weighted by Gasteiger charge is 2.16. The third-order valence-electron chi connectivity index (χ3n) is 2.21. The summed E-state index contributed by atoms with van der Waals surface area (Å²) in [5, 5.41) is 9.74. The van der Waals surface area contributed by atoms with E-state index in [-0.39, 0.29) is 6.10 Å². The molecule has 1 heterocycles. The number of hydrogen-bond donors (Lipinski definition) is 1. The second-order valence-electron chi connectivity index (χ2n) is 3.19. The first-order chi connectivity index (χ1) is 6.27. The SMILES string of the molecule is OC1CCCOc2cc(Br)ccc21. The molecule has 1 aromatic carbocycles. The molecule has 70 valence electrons. The second kappa shape index (κ2) is 3.68. The molecule has 13 heavy (non-hydrogen) atoms. The third kappa shape index (κ3) is 1.86. The highest BCUT2D eigenvalue weighted by molar-refractivity contribution is 9.10. The molecule has 0 fully saturated rings. The van der Waals surface area contributed by atoms with Gasteiger partial charge >= 0.3 is 0 Å². The van der Waals surface area contributed by atoms with Gasteiger partial charge in [-0.3, -0.25) is 0 Å². The molecule has 1 aromatic rings. The Morgan fingerprint density at radius 2 is 2.31 bits per heavy atom. The molecule has 0 radical (unpaired) electrons. The minimum Gasteiger partial charge on any atom is -0.493 e. The van der Waals surface area contributed by atoms with E-state index in [1.165, 1.54) is 0 Å². The van der Waals surface area contributed by atoms with Crippen LogP contribution in [0.4, 0.5) is 0 Å². The average Bonchev–Trinajstić information content (AvgIpc) is 2.28. The summed E-state index contributed by atoms with van der Waals surface area (Å²) < 4.78 is 6.50. The van der Waals surface area contributed by atoms with Crippen LogP contribution < -0.4 is 4.74 Å². The van der Waals surface area contributed by atoms with E-state index in [2.05, 4.69) is 15.9 Å². The van der Waals surface area contributed by atoms with Crippen molar-refractivity contribution >= 4 is 15.9 Å². The Morgan fingerprint density at radius 3 is 3.15 bits per heavy atom. The quantitative estimate of drug-likeness (QED) is 0.759. The lowest BCUT2D eigenvalue weighted by molar-refractivity contribution is 0.167. The second-order valence-corrected chi connectivity index (χ2v) is 4.10. The lowest BCUT2D eigenvalue weighted by atomic mass is 10.1. The summed E-state index contributed by atoms with van der Waals surface area (Å²) in [5.41, 5.74) is 0.903. The fourth-order valence-electron chi connectivity index (χ4n) is 1.52. The highest BCUT2D eigenvalue weighted by atomic mass is 79.9. The molecule has 1 N–H and O–H groups in total. The van der Waals surface area contributed by atoms with Crippen molar-refractivity contribution in [1.82, 2.24) is 0 Å². The lowest BCUT2D eigenvalue weighted by Crippen LogP contribution is -1.95. The van der Waals surface area contributed by atoms with Gasteiger partial charge in [-0.05, 0) is 25.0 Å². The van der Waals surface area contributed by atoms with Crippen LogP contribution in [0.2, 0.25) is 0 Å². The molecule has 0 spiro atoms. The number of halogens is 1. The van der Waals surface area contributed by atoms with Gasteiger partial charge in [-0.2, -0.15) is 0 Å². The molecule has 0 amide bonds. The maximum absolute atomic E-state index is 9.74. The van der Waals surface area contributed by atoms with Gasteiger partial charge in [0.25, 0.3) is 0 Å². The smallest absolute Gasteiger partial charge is 0.126 e. The highest BCUT2D eigenvalue weighted by Crippen LogP contribution is 2.33. The molecule has 3 heteroatoms. The van der Waals surface area contributed by atoms with E-state index in [9.17, 15) is 5.11 Å². The summed E-state index contributed by atoms with van der Waals surface area (Å²) in [4.78, 5) is 0. The molecule has 2 nitrogen and oxygen atoms in total. The monoisotopic (exact) mass is 242 g/mol. The zero-order chi connectivity index (χ0) is 9.26. The number of rotatable bonds is 0. The molecule has 0 aromatic heterocycles. The Labute approximate surface area is 85.7 Å². The Balaban J connectivity index is 2.42. The Hall–Kier alpha value is -0.540. The summed E-state index contributed by atoms with van der Waals surface area (Å²) >= 11 is 3.37. The van der Waals surface area contributed by atoms with Crippen molar-refractivity contribution in [1.29, 1.82) is 0 Å². The molecule has 0 saturated heterocycles. The van der Waals surface area contributed by atoms with Crippen LogP contribution in [0.1, 0.15) is 24.5 Å². The standard InChI is InChI=1S/C10H11BrO2/c11-7-3-4-8-9(12)2-1-5-13-10(8)6-7/h3-4,6,9,12H,1-2,5H2. The van der Waals surface area contributed by atoms with E-state index in [0.29, 0.717) is 6.61 Å². The van der Waals surface area contributed by atoms with Crippen LogP contribution in [0, 0.1) is 0 Å². The van der Waals surface area contributed by atoms with Crippen LogP contribution >= 0.6 is 15.9 Å². The van der Waals surface area contributed by atoms with Gasteiger partial charge in [0, 0.05) is 10.0 Å². The average molecular weight is 243 g/mol. The molecule has 0 saturated carbocycles. The molecule has 1 aliphatic heterocycles. The molecular weight excluding hydrogens is 232 g/mol. The number of ether oxygens (including phenoxy) is 1. The van der Waals surface area contributed by atoms with Crippen molar-refractivity contribution in [2.24, 2.45) is 0 Å². The van der Waals surface area contributed by atoms with Crippen molar-refractivity contribution in [3.8, 4) is 5.75 Å². The first-order valence-corrected chi connectivity index (χ1v) is 5.17. The summed E-state index contributed by atoms with van der Waals surface area (Å²) in [6.45, 7) is 0.695. The predicted molar refractivity (Wildman–Crippen MR) is 53.8 cm³/mol. The van der Waals surface area contributed by atoms with Crippen LogP contribution in [-0.2, 0) is 0 Å². The van der Waals surface area contributed by atoms with Crippen molar-refractivity contribution in [2.75, 3.05) is 6.61 Å². The minimum atomic E-state index is -0.370. The zero-order valence-electron chi connectivity index (χ0n) is 7.16. The zero-order valence-corrected chi connectivity index (χ0v) is 8.75. The topological polar surface area (TPSA) is 29.5 Å². The van der Waals surface area contributed by atoms with Crippen molar-refractivity contribution in [2.45, 2.75) is 18.9 Å². The number of aliphatic hydroxyl groups is 1. The molecule has 1 aliphatic rings. The summed E-state index contributed by atoms with van der Waals surface area (Å²) in [6, 6.07) is 5.75. The summed E-state index contributed by atoms with van der Waals surface area (Å²) in [5.74, 6) is 0.805. The molecule has 2 rings (SSSR count). The molecule has 0 aliphatic carbocycles. The van der Waals surface area contributed by atoms with E-state index in [4.69, 9.17) is 4.74 Å². The van der Waals surface area contributed by atoms with Gasteiger partial charge in [0.1, 0.15) is 5.75 Å². The normalized spacial score (nSPS) is 21.5. The van der Waals surface area contributed by atoms with Gasteiger partial charge in [0.05, 0.1) is 12.7 Å². The molecule has 1 unspecified atom stereocenters.